The van der Waals surface area contributed by atoms with E-state index in [1.165, 1.54) is 0 Å². The Balaban J connectivity index is 2.35. The van der Waals surface area contributed by atoms with Crippen molar-refractivity contribution in [1.82, 2.24) is 0 Å². The fraction of sp³-hybridized carbons (Fsp3) is 0.263. The molecule has 25 heavy (non-hydrogen) atoms. The highest BCUT2D eigenvalue weighted by atomic mass is 16.5. The second kappa shape index (κ2) is 6.84. The number of anilines is 1. The van der Waals surface area contributed by atoms with Gasteiger partial charge in [0.1, 0.15) is 11.5 Å². The van der Waals surface area contributed by atoms with Crippen LogP contribution in [-0.2, 0) is 0 Å². The van der Waals surface area contributed by atoms with Crippen molar-refractivity contribution in [3.8, 4) is 11.5 Å². The van der Waals surface area contributed by atoms with Crippen LogP contribution in [0.2, 0.25) is 0 Å². The molecule has 3 rings (SSSR count). The molecule has 0 amide bonds. The Hall–Kier alpha value is -3.02. The van der Waals surface area contributed by atoms with Crippen LogP contribution in [0.3, 0.4) is 0 Å². The van der Waals surface area contributed by atoms with E-state index in [4.69, 9.17) is 9.47 Å². The Morgan fingerprint density at radius 3 is 2.36 bits per heavy atom. The number of oxime groups is 1. The van der Waals surface area contributed by atoms with Gasteiger partial charge in [-0.25, -0.2) is 4.99 Å². The van der Waals surface area contributed by atoms with Crippen LogP contribution in [0.25, 0.3) is 0 Å². The van der Waals surface area contributed by atoms with Crippen LogP contribution in [0.5, 0.6) is 11.5 Å². The van der Waals surface area contributed by atoms with Gasteiger partial charge in [0.15, 0.2) is 5.84 Å². The molecule has 130 valence electrons. The molecule has 2 aromatic rings. The first-order valence-electron chi connectivity index (χ1n) is 7.92. The van der Waals surface area contributed by atoms with Gasteiger partial charge >= 0.3 is 0 Å². The van der Waals surface area contributed by atoms with E-state index < -0.39 is 0 Å². The molecule has 0 spiro atoms. The number of aryl methyl sites for hydroxylation is 1. The third kappa shape index (κ3) is 3.03. The number of benzodiazepines with no additional fused rings is 1. The van der Waals surface area contributed by atoms with Gasteiger partial charge in [-0.2, -0.15) is 0 Å². The van der Waals surface area contributed by atoms with Crippen LogP contribution in [0, 0.1) is 6.92 Å². The van der Waals surface area contributed by atoms with Gasteiger partial charge in [0, 0.05) is 18.3 Å². The van der Waals surface area contributed by atoms with E-state index in [1.807, 2.05) is 55.3 Å². The highest BCUT2D eigenvalue weighted by molar-refractivity contribution is 6.23. The average Bonchev–Trinajstić information content (AvgIpc) is 2.77. The summed E-state index contributed by atoms with van der Waals surface area (Å²) in [7, 11) is 5.17. The van der Waals surface area contributed by atoms with E-state index in [-0.39, 0.29) is 0 Å². The minimum absolute atomic E-state index is 0.318. The van der Waals surface area contributed by atoms with Crippen LogP contribution in [0.15, 0.2) is 46.5 Å². The molecule has 0 aliphatic carbocycles. The summed E-state index contributed by atoms with van der Waals surface area (Å²) < 4.78 is 11.2. The second-order valence-electron chi connectivity index (χ2n) is 5.89. The number of nitrogens with zero attached hydrogens (tertiary/aromatic N) is 3. The molecular weight excluding hydrogens is 318 g/mol. The van der Waals surface area contributed by atoms with E-state index in [2.05, 4.69) is 10.1 Å². The van der Waals surface area contributed by atoms with E-state index in [0.29, 0.717) is 29.6 Å². The fourth-order valence-electron chi connectivity index (χ4n) is 3.05. The molecule has 1 heterocycles. The van der Waals surface area contributed by atoms with Gasteiger partial charge in [-0.1, -0.05) is 23.4 Å². The van der Waals surface area contributed by atoms with E-state index in [1.54, 1.807) is 14.2 Å². The van der Waals surface area contributed by atoms with Crippen molar-refractivity contribution in [3.05, 3.63) is 53.1 Å². The maximum Gasteiger partial charge on any atom is 0.187 e. The van der Waals surface area contributed by atoms with Crippen LogP contribution in [0.1, 0.15) is 16.7 Å². The fourth-order valence-corrected chi connectivity index (χ4v) is 3.05. The molecule has 0 aromatic heterocycles. The lowest BCUT2D eigenvalue weighted by Gasteiger charge is -2.20. The standard InChI is InChI=1S/C19H21N3O3/c1-12-9-15(24-3)18(16(10-12)25-4)19-13-7-5-6-8-14(13)22(2)11-17(20-19)21-23/h5-10,23H,11H2,1-4H3. The lowest BCUT2D eigenvalue weighted by molar-refractivity contribution is 0.317. The largest absolute Gasteiger partial charge is 0.496 e. The average molecular weight is 339 g/mol. The number of likely N-dealkylation sites (N-methyl/N-ethyl adjacent to an activating group) is 1. The van der Waals surface area contributed by atoms with Crippen molar-refractivity contribution in [1.29, 1.82) is 0 Å². The lowest BCUT2D eigenvalue weighted by atomic mass is 9.97. The number of hydrogen-bond acceptors (Lipinski definition) is 5. The molecule has 1 aliphatic heterocycles. The van der Waals surface area contributed by atoms with E-state index in [0.717, 1.165) is 22.4 Å². The Bertz CT molecular complexity index is 834. The zero-order valence-electron chi connectivity index (χ0n) is 14.8. The first-order chi connectivity index (χ1) is 12.1. The SMILES string of the molecule is COc1cc(C)cc(OC)c1C1=NC(=NO)CN(C)c2ccccc21. The van der Waals surface area contributed by atoms with E-state index in [9.17, 15) is 5.21 Å². The number of amidine groups is 1. The van der Waals surface area contributed by atoms with Crippen molar-refractivity contribution in [2.45, 2.75) is 6.92 Å². The minimum Gasteiger partial charge on any atom is -0.496 e. The quantitative estimate of drug-likeness (QED) is 0.689. The molecule has 0 saturated carbocycles. The molecule has 0 bridgehead atoms. The summed E-state index contributed by atoms with van der Waals surface area (Å²) in [5.74, 6) is 1.64. The maximum atomic E-state index is 9.37. The second-order valence-corrected chi connectivity index (χ2v) is 5.89. The molecule has 0 unspecified atom stereocenters. The Morgan fingerprint density at radius 1 is 1.12 bits per heavy atom. The first-order valence-corrected chi connectivity index (χ1v) is 7.92. The van der Waals surface area contributed by atoms with Gasteiger partial charge < -0.3 is 19.6 Å². The molecule has 1 N–H and O–H groups in total. The smallest absolute Gasteiger partial charge is 0.187 e. The minimum atomic E-state index is 0.318. The molecule has 0 saturated heterocycles. The van der Waals surface area contributed by atoms with Crippen molar-refractivity contribution < 1.29 is 14.7 Å². The molecular formula is C19H21N3O3. The zero-order valence-corrected chi connectivity index (χ0v) is 14.8. The predicted molar refractivity (Wildman–Crippen MR) is 98.9 cm³/mol. The number of para-hydroxylation sites is 1. The number of hydrogen-bond donors (Lipinski definition) is 1. The van der Waals surface area contributed by atoms with Gasteiger partial charge in [0.25, 0.3) is 0 Å². The number of ether oxygens (including phenoxy) is 2. The maximum absolute atomic E-state index is 9.37. The van der Waals surface area contributed by atoms with Gasteiger partial charge in [-0.15, -0.1) is 0 Å². The summed E-state index contributed by atoms with van der Waals surface area (Å²) >= 11 is 0. The summed E-state index contributed by atoms with van der Waals surface area (Å²) in [5, 5.41) is 12.7. The lowest BCUT2D eigenvalue weighted by Crippen LogP contribution is -2.23. The normalized spacial score (nSPS) is 15.4. The Kier molecular flexibility index (Phi) is 4.61. The van der Waals surface area contributed by atoms with Crippen LogP contribution in [0.4, 0.5) is 5.69 Å². The number of fused-ring (bicyclic) bond motifs is 1. The molecule has 0 fully saturated rings. The summed E-state index contributed by atoms with van der Waals surface area (Å²) in [6.07, 6.45) is 0. The molecule has 0 radical (unpaired) electrons. The van der Waals surface area contributed by atoms with Gasteiger partial charge in [-0.3, -0.25) is 0 Å². The molecule has 2 aromatic carbocycles. The van der Waals surface area contributed by atoms with Crippen LogP contribution in [-0.4, -0.2) is 44.6 Å². The monoisotopic (exact) mass is 339 g/mol. The van der Waals surface area contributed by atoms with Crippen molar-refractivity contribution in [2.75, 3.05) is 32.7 Å². The Labute approximate surface area is 147 Å². The summed E-state index contributed by atoms with van der Waals surface area (Å²) in [4.78, 5) is 6.61. The third-order valence-electron chi connectivity index (χ3n) is 4.19. The molecule has 6 heteroatoms. The predicted octanol–water partition coefficient (Wildman–Crippen LogP) is 3.09. The highest BCUT2D eigenvalue weighted by Gasteiger charge is 2.25. The van der Waals surface area contributed by atoms with Gasteiger partial charge in [-0.05, 0) is 30.7 Å². The van der Waals surface area contributed by atoms with Gasteiger partial charge in [0.2, 0.25) is 0 Å². The summed E-state index contributed by atoms with van der Waals surface area (Å²) in [6.45, 7) is 2.37. The van der Waals surface area contributed by atoms with Crippen molar-refractivity contribution >= 4 is 17.2 Å². The molecule has 0 atom stereocenters. The van der Waals surface area contributed by atoms with Crippen molar-refractivity contribution in [3.63, 3.8) is 0 Å². The topological polar surface area (TPSA) is 66.6 Å². The number of rotatable bonds is 3. The van der Waals surface area contributed by atoms with Gasteiger partial charge in [0.05, 0.1) is 32.0 Å². The molecule has 1 aliphatic rings. The Morgan fingerprint density at radius 2 is 1.76 bits per heavy atom. The number of aliphatic imine (C=N–C) groups is 1. The zero-order chi connectivity index (χ0) is 18.0. The van der Waals surface area contributed by atoms with Crippen molar-refractivity contribution in [2.24, 2.45) is 10.1 Å². The highest BCUT2D eigenvalue weighted by Crippen LogP contribution is 2.36. The number of methoxy groups -OCH3 is 2. The summed E-state index contributed by atoms with van der Waals surface area (Å²) in [5.41, 5.74) is 4.32. The van der Waals surface area contributed by atoms with E-state index >= 15 is 0 Å². The van der Waals surface area contributed by atoms with Crippen LogP contribution >= 0.6 is 0 Å². The number of benzene rings is 2. The first kappa shape index (κ1) is 16.8. The summed E-state index contributed by atoms with van der Waals surface area (Å²) in [6, 6.07) is 11.8. The van der Waals surface area contributed by atoms with Crippen LogP contribution < -0.4 is 14.4 Å². The third-order valence-corrected chi connectivity index (χ3v) is 4.19. The molecule has 6 nitrogen and oxygen atoms in total.